The number of fused-ring (bicyclic) bond motifs is 2. The van der Waals surface area contributed by atoms with Crippen LogP contribution in [0.15, 0.2) is 60.7 Å². The first-order valence-electron chi connectivity index (χ1n) is 16.3. The van der Waals surface area contributed by atoms with Gasteiger partial charge in [-0.1, -0.05) is 132 Å². The van der Waals surface area contributed by atoms with Crippen LogP contribution in [0, 0.1) is 40.8 Å². The number of aromatic hydroxyl groups is 2. The van der Waals surface area contributed by atoms with Crippen LogP contribution in [0.5, 0.6) is 11.5 Å². The number of hydrogen-bond donors (Lipinski definition) is 2. The maximum absolute atomic E-state index is 13.4. The van der Waals surface area contributed by atoms with E-state index in [1.165, 1.54) is 0 Å². The van der Waals surface area contributed by atoms with E-state index in [-0.39, 0.29) is 52.3 Å². The van der Waals surface area contributed by atoms with Crippen molar-refractivity contribution in [1.29, 1.82) is 0 Å². The van der Waals surface area contributed by atoms with Gasteiger partial charge >= 0.3 is 0 Å². The van der Waals surface area contributed by atoms with E-state index in [1.54, 1.807) is 0 Å². The molecule has 5 nitrogen and oxygen atoms in total. The molecule has 46 heavy (non-hydrogen) atoms. The first-order valence-corrected chi connectivity index (χ1v) is 27.7. The SMILES string of the molecule is CCP(=O)(CC)Cc1cc2ccccc2c(-c2c(O)c(CP(=O)(CC)CC)cc3ccccc23)c1O.C[Si](C)(C)[N-][Si](C)(C)C.[Nd]. The van der Waals surface area contributed by atoms with Gasteiger partial charge in [-0.05, 0) is 58.3 Å². The van der Waals surface area contributed by atoms with E-state index in [1.807, 2.05) is 88.4 Å². The quantitative estimate of drug-likeness (QED) is 0.116. The molecule has 250 valence electrons. The molecule has 0 amide bonds. The second kappa shape index (κ2) is 16.7. The van der Waals surface area contributed by atoms with E-state index in [2.05, 4.69) is 39.3 Å². The van der Waals surface area contributed by atoms with Crippen molar-refractivity contribution in [2.45, 2.75) is 79.3 Å². The molecule has 0 radical (unpaired) electrons. The van der Waals surface area contributed by atoms with Crippen molar-refractivity contribution in [3.8, 4) is 22.6 Å². The zero-order chi connectivity index (χ0) is 33.8. The summed E-state index contributed by atoms with van der Waals surface area (Å²) in [5.41, 5.74) is 2.36. The predicted molar refractivity (Wildman–Crippen MR) is 205 cm³/mol. The van der Waals surface area contributed by atoms with Gasteiger partial charge in [0, 0.05) is 75.4 Å². The first-order chi connectivity index (χ1) is 20.9. The van der Waals surface area contributed by atoms with Gasteiger partial charge < -0.3 is 24.0 Å². The van der Waals surface area contributed by atoms with E-state index >= 15 is 0 Å². The van der Waals surface area contributed by atoms with Gasteiger partial charge in [-0.3, -0.25) is 0 Å². The van der Waals surface area contributed by atoms with Crippen LogP contribution < -0.4 is 0 Å². The van der Waals surface area contributed by atoms with Crippen molar-refractivity contribution < 1.29 is 60.2 Å². The molecule has 0 bridgehead atoms. The molecule has 2 N–H and O–H groups in total. The van der Waals surface area contributed by atoms with Crippen molar-refractivity contribution in [2.75, 3.05) is 24.6 Å². The maximum Gasteiger partial charge on any atom is 0.127 e. The van der Waals surface area contributed by atoms with Gasteiger partial charge in [0.05, 0.1) is 14.3 Å². The van der Waals surface area contributed by atoms with Gasteiger partial charge in [0.25, 0.3) is 0 Å². The molecular formula is C36H54NNdO4P2Si2-. The van der Waals surface area contributed by atoms with Gasteiger partial charge in [-0.2, -0.15) is 0 Å². The monoisotopic (exact) mass is 824 g/mol. The molecule has 4 rings (SSSR count). The summed E-state index contributed by atoms with van der Waals surface area (Å²) in [6, 6.07) is 19.4. The average Bonchev–Trinajstić information content (AvgIpc) is 2.97. The fourth-order valence-electron chi connectivity index (χ4n) is 6.06. The standard InChI is InChI=1S/C30H36O4P2.C6H18NSi2.Nd/c1-5-35(33,6-2)19-23-17-21-13-9-11-15-25(21)27(29(23)31)28-26-16-12-10-14-22(26)18-24(30(28)32)20-36(34,7-3)8-4;1-8(2,3)7-9(4,5)6;/h9-18,31-32H,5-8,19-20H2,1-4H3;1-6H3;/q;-1;. The Kier molecular flexibility index (Phi) is 15.1. The molecule has 0 atom stereocenters. The van der Waals surface area contributed by atoms with Crippen LogP contribution in [0.25, 0.3) is 37.3 Å². The predicted octanol–water partition coefficient (Wildman–Crippen LogP) is 11.9. The molecule has 10 heteroatoms. The van der Waals surface area contributed by atoms with Crippen molar-refractivity contribution in [3.05, 3.63) is 76.4 Å². The topological polar surface area (TPSA) is 88.7 Å². The normalized spacial score (nSPS) is 12.5. The molecule has 0 aliphatic carbocycles. The first kappa shape index (κ1) is 41.4. The van der Waals surface area contributed by atoms with Crippen molar-refractivity contribution >= 4 is 52.3 Å². The third-order valence-corrected chi connectivity index (χ3v) is 20.2. The summed E-state index contributed by atoms with van der Waals surface area (Å²) in [4.78, 5) is 0. The van der Waals surface area contributed by atoms with Crippen molar-refractivity contribution in [1.82, 2.24) is 0 Å². The maximum atomic E-state index is 13.4. The van der Waals surface area contributed by atoms with E-state index in [9.17, 15) is 19.3 Å². The molecule has 0 spiro atoms. The number of phenolic OH excluding ortho intramolecular Hbond substituents is 2. The van der Waals surface area contributed by atoms with Crippen LogP contribution in [-0.2, 0) is 21.5 Å². The molecule has 0 saturated heterocycles. The second-order valence-electron chi connectivity index (χ2n) is 14.1. The van der Waals surface area contributed by atoms with Crippen LogP contribution >= 0.6 is 14.3 Å². The second-order valence-corrected chi connectivity index (χ2v) is 31.1. The zero-order valence-corrected chi connectivity index (χ0v) is 36.6. The molecular weight excluding hydrogens is 773 g/mol. The Morgan fingerprint density at radius 3 is 1.15 bits per heavy atom. The smallest absolute Gasteiger partial charge is 0.127 e. The number of benzene rings is 4. The largest absolute Gasteiger partial charge is 0.668 e. The van der Waals surface area contributed by atoms with Crippen molar-refractivity contribution in [3.63, 3.8) is 0 Å². The summed E-state index contributed by atoms with van der Waals surface area (Å²) >= 11 is 0. The molecule has 0 aromatic heterocycles. The van der Waals surface area contributed by atoms with Gasteiger partial charge in [0.1, 0.15) is 11.5 Å². The summed E-state index contributed by atoms with van der Waals surface area (Å²) in [7, 11) is -7.18. The summed E-state index contributed by atoms with van der Waals surface area (Å²) in [5, 5.41) is 26.9. The molecule has 0 aliphatic heterocycles. The molecule has 0 fully saturated rings. The van der Waals surface area contributed by atoms with Crippen molar-refractivity contribution in [2.24, 2.45) is 0 Å². The number of nitrogens with zero attached hydrogens (tertiary/aromatic N) is 1. The molecule has 0 unspecified atom stereocenters. The molecule has 4 aromatic carbocycles. The Labute approximate surface area is 312 Å². The van der Waals surface area contributed by atoms with Gasteiger partial charge in [0.2, 0.25) is 0 Å². The van der Waals surface area contributed by atoms with E-state index in [0.29, 0.717) is 59.2 Å². The van der Waals surface area contributed by atoms with E-state index in [0.717, 1.165) is 21.5 Å². The fraction of sp³-hybridized carbons (Fsp3) is 0.444. The zero-order valence-electron chi connectivity index (χ0n) is 29.6. The Hall–Kier alpha value is -0.796. The minimum atomic E-state index is -2.48. The summed E-state index contributed by atoms with van der Waals surface area (Å²) in [6.07, 6.45) is 2.89. The minimum absolute atomic E-state index is 0. The Balaban J connectivity index is 0.000000645. The molecule has 0 saturated carbocycles. The Bertz CT molecular complexity index is 1610. The number of phenols is 2. The third-order valence-electron chi connectivity index (χ3n) is 8.34. The molecule has 4 aromatic rings. The van der Waals surface area contributed by atoms with E-state index < -0.39 is 30.8 Å². The van der Waals surface area contributed by atoms with Gasteiger partial charge in [-0.15, -0.1) is 0 Å². The molecule has 0 aliphatic rings. The van der Waals surface area contributed by atoms with Crippen LogP contribution in [0.1, 0.15) is 38.8 Å². The minimum Gasteiger partial charge on any atom is -0.668 e. The summed E-state index contributed by atoms with van der Waals surface area (Å²) in [5.74, 6) is 0.116. The summed E-state index contributed by atoms with van der Waals surface area (Å²) in [6.45, 7) is 21.5. The summed E-state index contributed by atoms with van der Waals surface area (Å²) < 4.78 is 31.7. The fourth-order valence-corrected chi connectivity index (χ4v) is 17.6. The third kappa shape index (κ3) is 10.6. The van der Waals surface area contributed by atoms with E-state index in [4.69, 9.17) is 4.65 Å². The number of hydrogen-bond acceptors (Lipinski definition) is 4. The number of rotatable bonds is 11. The van der Waals surface area contributed by atoms with Crippen LogP contribution in [-0.4, -0.2) is 51.3 Å². The molecule has 0 heterocycles. The Morgan fingerprint density at radius 2 is 0.891 bits per heavy atom. The van der Waals surface area contributed by atoms with Crippen LogP contribution in [0.3, 0.4) is 0 Å². The average molecular weight is 827 g/mol. The Morgan fingerprint density at radius 1 is 0.587 bits per heavy atom. The van der Waals surface area contributed by atoms with Crippen LogP contribution in [0.4, 0.5) is 0 Å². The van der Waals surface area contributed by atoms with Gasteiger partial charge in [-0.25, -0.2) is 0 Å². The van der Waals surface area contributed by atoms with Gasteiger partial charge in [0.15, 0.2) is 0 Å². The van der Waals surface area contributed by atoms with Crippen LogP contribution in [0.2, 0.25) is 39.3 Å².